The van der Waals surface area contributed by atoms with E-state index < -0.39 is 12.0 Å². The van der Waals surface area contributed by atoms with Crippen LogP contribution in [0.1, 0.15) is 76.0 Å². The average Bonchev–Trinajstić information content (AvgIpc) is 2.93. The minimum Gasteiger partial charge on any atom is -0.387 e. The van der Waals surface area contributed by atoms with E-state index in [1.807, 2.05) is 67.5 Å². The van der Waals surface area contributed by atoms with Crippen molar-refractivity contribution in [1.29, 1.82) is 0 Å². The van der Waals surface area contributed by atoms with Crippen LogP contribution < -0.4 is 10.2 Å². The first-order valence-electron chi connectivity index (χ1n) is 14.7. The maximum Gasteiger partial charge on any atom is 0.298 e. The van der Waals surface area contributed by atoms with Crippen molar-refractivity contribution in [2.24, 2.45) is 0 Å². The van der Waals surface area contributed by atoms with Crippen LogP contribution in [0.15, 0.2) is 91.7 Å². The molecule has 0 spiro atoms. The molecule has 6 heteroatoms. The van der Waals surface area contributed by atoms with Crippen molar-refractivity contribution in [2.45, 2.75) is 77.7 Å². The van der Waals surface area contributed by atoms with Crippen molar-refractivity contribution in [2.75, 3.05) is 24.3 Å². The number of nitrogens with zero attached hydrogens (tertiary/aromatic N) is 1. The maximum absolute atomic E-state index is 13.7. The highest BCUT2D eigenvalue weighted by Crippen LogP contribution is 2.32. The highest BCUT2D eigenvalue weighted by atomic mass is 35.5. The molecule has 42 heavy (non-hydrogen) atoms. The second kappa shape index (κ2) is 19.9. The lowest BCUT2D eigenvalue weighted by atomic mass is 10.0. The van der Waals surface area contributed by atoms with E-state index in [0.717, 1.165) is 40.1 Å². The van der Waals surface area contributed by atoms with E-state index in [1.54, 1.807) is 18.2 Å². The third kappa shape index (κ3) is 14.2. The van der Waals surface area contributed by atoms with Crippen molar-refractivity contribution >= 4 is 29.1 Å². The minimum absolute atomic E-state index is 0.195. The predicted octanol–water partition coefficient (Wildman–Crippen LogP) is 10.7. The third-order valence-electron chi connectivity index (χ3n) is 6.57. The number of rotatable bonds is 9. The van der Waals surface area contributed by atoms with Crippen molar-refractivity contribution in [1.82, 2.24) is 0 Å². The van der Waals surface area contributed by atoms with Gasteiger partial charge in [0.15, 0.2) is 0 Å². The number of benzene rings is 3. The van der Waals surface area contributed by atoms with E-state index in [9.17, 15) is 8.78 Å². The van der Waals surface area contributed by atoms with Gasteiger partial charge in [-0.3, -0.25) is 0 Å². The van der Waals surface area contributed by atoms with Crippen molar-refractivity contribution in [3.8, 4) is 0 Å². The van der Waals surface area contributed by atoms with Crippen LogP contribution in [0.25, 0.3) is 6.08 Å². The molecule has 230 valence electrons. The Bertz CT molecular complexity index is 1170. The molecule has 4 rings (SSSR count). The monoisotopic (exact) mass is 598 g/mol. The topological polar surface area (TPSA) is 35.5 Å². The zero-order valence-corrected chi connectivity index (χ0v) is 26.7. The number of halogens is 3. The van der Waals surface area contributed by atoms with Crippen LogP contribution in [0.2, 0.25) is 5.02 Å². The first kappa shape index (κ1) is 36.9. The molecule has 1 saturated carbocycles. The first-order valence-corrected chi connectivity index (χ1v) is 15.1. The molecule has 2 N–H and O–H groups in total. The van der Waals surface area contributed by atoms with Crippen LogP contribution in [0.3, 0.4) is 0 Å². The molecule has 1 atom stereocenters. The van der Waals surface area contributed by atoms with Crippen LogP contribution in [0, 0.1) is 0 Å². The summed E-state index contributed by atoms with van der Waals surface area (Å²) >= 11 is 5.76. The van der Waals surface area contributed by atoms with Crippen LogP contribution in [-0.4, -0.2) is 25.3 Å². The molecular weight excluding hydrogens is 550 g/mol. The predicted molar refractivity (Wildman–Crippen MR) is 180 cm³/mol. The lowest BCUT2D eigenvalue weighted by Gasteiger charge is -2.20. The molecule has 0 radical (unpaired) electrons. The number of hydrogen-bond acceptors (Lipinski definition) is 3. The van der Waals surface area contributed by atoms with Gasteiger partial charge >= 0.3 is 0 Å². The van der Waals surface area contributed by atoms with Crippen LogP contribution in [0.5, 0.6) is 0 Å². The molecule has 1 aliphatic rings. The maximum atomic E-state index is 13.7. The average molecular weight is 599 g/mol. The Morgan fingerprint density at radius 3 is 1.90 bits per heavy atom. The zero-order valence-electron chi connectivity index (χ0n) is 26.0. The van der Waals surface area contributed by atoms with E-state index in [0.29, 0.717) is 6.42 Å². The molecule has 0 bridgehead atoms. The summed E-state index contributed by atoms with van der Waals surface area (Å²) in [6.07, 6.45) is 9.20. The number of aliphatic hydroxyl groups is 1. The molecule has 0 aromatic heterocycles. The van der Waals surface area contributed by atoms with Crippen molar-refractivity contribution in [3.63, 3.8) is 0 Å². The van der Waals surface area contributed by atoms with E-state index >= 15 is 0 Å². The highest BCUT2D eigenvalue weighted by molar-refractivity contribution is 6.30. The standard InChI is InChI=1S/C20H21F2NO.C8H10ClN.C4H8.C4H10/c1-4-16-7-11-19(12-8-16)23-14(2)13-17-5-9-18(10-6-17)20(21,22)15(3)24;1-10(2)8-5-3-4-7(9)6-8;1-2-4-3-1;1-3-4-2/h4-12,15,23-24H,1-2,13H2,3H3;3-6H,1-2H3;1-4H2;3-4H2,1-2H3. The molecule has 1 fully saturated rings. The molecule has 0 saturated heterocycles. The summed E-state index contributed by atoms with van der Waals surface area (Å²) in [7, 11) is 3.98. The Kier molecular flexibility index (Phi) is 17.5. The van der Waals surface area contributed by atoms with Gasteiger partial charge in [-0.25, -0.2) is 0 Å². The fourth-order valence-electron chi connectivity index (χ4n) is 3.29. The quantitative estimate of drug-likeness (QED) is 0.257. The van der Waals surface area contributed by atoms with E-state index in [1.165, 1.54) is 50.7 Å². The highest BCUT2D eigenvalue weighted by Gasteiger charge is 2.37. The smallest absolute Gasteiger partial charge is 0.298 e. The van der Waals surface area contributed by atoms with Gasteiger partial charge in [-0.05, 0) is 48.4 Å². The fraction of sp³-hybridized carbons (Fsp3) is 0.389. The number of hydrogen-bond donors (Lipinski definition) is 2. The number of anilines is 2. The number of alkyl halides is 2. The van der Waals surface area contributed by atoms with E-state index in [2.05, 4.69) is 32.3 Å². The summed E-state index contributed by atoms with van der Waals surface area (Å²) in [4.78, 5) is 2.02. The second-order valence-electron chi connectivity index (χ2n) is 10.5. The lowest BCUT2D eigenvalue weighted by Crippen LogP contribution is -2.27. The summed E-state index contributed by atoms with van der Waals surface area (Å²) in [5.74, 6) is -3.25. The van der Waals surface area contributed by atoms with Crippen LogP contribution in [0.4, 0.5) is 20.2 Å². The third-order valence-corrected chi connectivity index (χ3v) is 6.81. The summed E-state index contributed by atoms with van der Waals surface area (Å²) in [6.45, 7) is 13.1. The molecule has 0 heterocycles. The van der Waals surface area contributed by atoms with Gasteiger partial charge in [0.1, 0.15) is 6.10 Å². The van der Waals surface area contributed by atoms with Gasteiger partial charge in [0.05, 0.1) is 0 Å². The molecule has 3 aromatic rings. The van der Waals surface area contributed by atoms with Gasteiger partial charge in [-0.2, -0.15) is 8.78 Å². The molecule has 3 aromatic carbocycles. The number of aliphatic hydroxyl groups excluding tert-OH is 1. The first-order chi connectivity index (χ1) is 19.9. The minimum atomic E-state index is -3.25. The molecule has 0 aliphatic heterocycles. The van der Waals surface area contributed by atoms with Gasteiger partial charge in [0, 0.05) is 48.2 Å². The SMILES string of the molecule is C1CCC1.C=Cc1ccc(NC(=C)Cc2ccc(C(F)(F)C(C)O)cc2)cc1.CCCC.CN(C)c1cccc(Cl)c1. The van der Waals surface area contributed by atoms with Gasteiger partial charge in [0.25, 0.3) is 5.92 Å². The summed E-state index contributed by atoms with van der Waals surface area (Å²) in [5, 5.41) is 13.1. The Hall–Kier alpha value is -3.15. The zero-order chi connectivity index (χ0) is 31.5. The molecule has 0 amide bonds. The van der Waals surface area contributed by atoms with Crippen LogP contribution in [-0.2, 0) is 12.3 Å². The lowest BCUT2D eigenvalue weighted by molar-refractivity contribution is -0.106. The molecule has 3 nitrogen and oxygen atoms in total. The summed E-state index contributed by atoms with van der Waals surface area (Å²) < 4.78 is 27.5. The van der Waals surface area contributed by atoms with Gasteiger partial charge in [-0.15, -0.1) is 0 Å². The molecular formula is C36H49ClF2N2O. The van der Waals surface area contributed by atoms with E-state index in [-0.39, 0.29) is 5.56 Å². The van der Waals surface area contributed by atoms with Gasteiger partial charge < -0.3 is 15.3 Å². The summed E-state index contributed by atoms with van der Waals surface area (Å²) in [6, 6.07) is 21.4. The Balaban J connectivity index is 0.000000396. The number of unbranched alkanes of at least 4 members (excludes halogenated alkanes) is 1. The van der Waals surface area contributed by atoms with Crippen LogP contribution >= 0.6 is 11.6 Å². The van der Waals surface area contributed by atoms with Crippen molar-refractivity contribution < 1.29 is 13.9 Å². The fourth-order valence-corrected chi connectivity index (χ4v) is 3.47. The number of nitrogens with one attached hydrogen (secondary N) is 1. The molecule has 1 unspecified atom stereocenters. The second-order valence-corrected chi connectivity index (χ2v) is 11.0. The molecule has 1 aliphatic carbocycles. The Labute approximate surface area is 257 Å². The normalized spacial score (nSPS) is 12.4. The Morgan fingerprint density at radius 2 is 1.52 bits per heavy atom. The van der Waals surface area contributed by atoms with Gasteiger partial charge in [-0.1, -0.05) is 126 Å². The summed E-state index contributed by atoms with van der Waals surface area (Å²) in [5.41, 5.74) is 4.49. The van der Waals surface area contributed by atoms with Crippen molar-refractivity contribution in [3.05, 3.63) is 113 Å². The number of allylic oxidation sites excluding steroid dienone is 1. The Morgan fingerprint density at radius 1 is 0.976 bits per heavy atom. The van der Waals surface area contributed by atoms with E-state index in [4.69, 9.17) is 16.7 Å². The van der Waals surface area contributed by atoms with Gasteiger partial charge in [0.2, 0.25) is 0 Å². The largest absolute Gasteiger partial charge is 0.387 e.